The zero-order chi connectivity index (χ0) is 20.2. The molecule has 1 fully saturated rings. The average Bonchev–Trinajstić information content (AvgIpc) is 2.78. The maximum Gasteiger partial charge on any atom is 0.191 e. The fourth-order valence-electron chi connectivity index (χ4n) is 3.50. The molecule has 2 N–H and O–H groups in total. The fourth-order valence-corrected chi connectivity index (χ4v) is 3.50. The normalized spacial score (nSPS) is 15.4. The van der Waals surface area contributed by atoms with Crippen molar-refractivity contribution in [1.82, 2.24) is 20.5 Å². The van der Waals surface area contributed by atoms with E-state index in [-0.39, 0.29) is 24.0 Å². The topological polar surface area (TPSA) is 61.8 Å². The molecule has 3 rings (SSSR count). The summed E-state index contributed by atoms with van der Waals surface area (Å²) in [4.78, 5) is 11.1. The standard InChI is InChI=1S/C23H33N5O.HI/c1-24-23(27-18-21-10-5-6-13-25-21)26-14-7-17-29-22-11-15-28(16-12-22)19-20-8-3-2-4-9-20;/h2-6,8-10,13,22H,7,11-12,14-19H2,1H3,(H2,24,26,27);1H. The Labute approximate surface area is 197 Å². The van der Waals surface area contributed by atoms with Gasteiger partial charge in [0.05, 0.1) is 18.3 Å². The van der Waals surface area contributed by atoms with Crippen LogP contribution in [0.4, 0.5) is 0 Å². The monoisotopic (exact) mass is 523 g/mol. The van der Waals surface area contributed by atoms with Gasteiger partial charge < -0.3 is 15.4 Å². The highest BCUT2D eigenvalue weighted by molar-refractivity contribution is 14.0. The van der Waals surface area contributed by atoms with Gasteiger partial charge in [-0.25, -0.2) is 0 Å². The number of benzene rings is 1. The molecule has 2 aromatic rings. The molecule has 0 unspecified atom stereocenters. The van der Waals surface area contributed by atoms with E-state index in [9.17, 15) is 0 Å². The lowest BCUT2D eigenvalue weighted by molar-refractivity contribution is 0.00534. The summed E-state index contributed by atoms with van der Waals surface area (Å²) < 4.78 is 6.09. The van der Waals surface area contributed by atoms with E-state index in [1.807, 2.05) is 18.2 Å². The molecule has 6 nitrogen and oxygen atoms in total. The van der Waals surface area contributed by atoms with E-state index in [1.165, 1.54) is 5.56 Å². The number of guanidine groups is 1. The second-order valence-electron chi connectivity index (χ2n) is 7.36. The van der Waals surface area contributed by atoms with Crippen LogP contribution >= 0.6 is 24.0 Å². The first-order valence-electron chi connectivity index (χ1n) is 10.6. The Morgan fingerprint density at radius 1 is 1.10 bits per heavy atom. The van der Waals surface area contributed by atoms with E-state index in [0.717, 1.165) is 63.7 Å². The van der Waals surface area contributed by atoms with E-state index >= 15 is 0 Å². The summed E-state index contributed by atoms with van der Waals surface area (Å²) in [5, 5.41) is 6.62. The number of likely N-dealkylation sites (tertiary alicyclic amines) is 1. The van der Waals surface area contributed by atoms with Crippen LogP contribution in [-0.4, -0.2) is 55.2 Å². The van der Waals surface area contributed by atoms with Gasteiger partial charge in [0, 0.05) is 46.0 Å². The second-order valence-corrected chi connectivity index (χ2v) is 7.36. The Morgan fingerprint density at radius 3 is 2.57 bits per heavy atom. The number of nitrogens with zero attached hydrogens (tertiary/aromatic N) is 3. The van der Waals surface area contributed by atoms with Crippen LogP contribution in [0, 0.1) is 0 Å². The smallest absolute Gasteiger partial charge is 0.191 e. The SMILES string of the molecule is CN=C(NCCCOC1CCN(Cc2ccccc2)CC1)NCc1ccccn1.I. The molecule has 1 aliphatic rings. The summed E-state index contributed by atoms with van der Waals surface area (Å²) in [5.41, 5.74) is 2.39. The molecule has 0 amide bonds. The number of hydrogen-bond donors (Lipinski definition) is 2. The number of piperidine rings is 1. The molecule has 0 radical (unpaired) electrons. The number of nitrogens with one attached hydrogen (secondary N) is 2. The summed E-state index contributed by atoms with van der Waals surface area (Å²) in [5.74, 6) is 0.796. The van der Waals surface area contributed by atoms with Gasteiger partial charge in [0.25, 0.3) is 0 Å². The number of aliphatic imine (C=N–C) groups is 1. The zero-order valence-electron chi connectivity index (χ0n) is 17.8. The molecule has 0 bridgehead atoms. The minimum Gasteiger partial charge on any atom is -0.378 e. The molecule has 7 heteroatoms. The molecule has 2 heterocycles. The van der Waals surface area contributed by atoms with Crippen molar-refractivity contribution in [2.24, 2.45) is 4.99 Å². The van der Waals surface area contributed by atoms with Crippen LogP contribution in [0.5, 0.6) is 0 Å². The zero-order valence-corrected chi connectivity index (χ0v) is 20.1. The highest BCUT2D eigenvalue weighted by Gasteiger charge is 2.19. The molecule has 0 saturated carbocycles. The third-order valence-corrected chi connectivity index (χ3v) is 5.14. The number of aromatic nitrogens is 1. The van der Waals surface area contributed by atoms with Crippen molar-refractivity contribution in [3.63, 3.8) is 0 Å². The highest BCUT2D eigenvalue weighted by atomic mass is 127. The summed E-state index contributed by atoms with van der Waals surface area (Å²) >= 11 is 0. The number of pyridine rings is 1. The maximum absolute atomic E-state index is 6.09. The number of rotatable bonds is 9. The molecule has 0 spiro atoms. The Morgan fingerprint density at radius 2 is 1.87 bits per heavy atom. The van der Waals surface area contributed by atoms with Gasteiger partial charge >= 0.3 is 0 Å². The van der Waals surface area contributed by atoms with E-state index < -0.39 is 0 Å². The molecule has 1 saturated heterocycles. The maximum atomic E-state index is 6.09. The predicted octanol–water partition coefficient (Wildman–Crippen LogP) is 3.44. The molecular formula is C23H34IN5O. The quantitative estimate of drug-likeness (QED) is 0.228. The first-order valence-corrected chi connectivity index (χ1v) is 10.6. The number of ether oxygens (including phenoxy) is 1. The number of hydrogen-bond acceptors (Lipinski definition) is 4. The lowest BCUT2D eigenvalue weighted by Crippen LogP contribution is -2.38. The van der Waals surface area contributed by atoms with Crippen LogP contribution < -0.4 is 10.6 Å². The van der Waals surface area contributed by atoms with Crippen LogP contribution in [-0.2, 0) is 17.8 Å². The third kappa shape index (κ3) is 8.97. The van der Waals surface area contributed by atoms with Crippen molar-refractivity contribution in [2.75, 3.05) is 33.3 Å². The summed E-state index contributed by atoms with van der Waals surface area (Å²) in [7, 11) is 1.79. The van der Waals surface area contributed by atoms with Gasteiger partial charge in [0.1, 0.15) is 0 Å². The lowest BCUT2D eigenvalue weighted by Gasteiger charge is -2.32. The largest absolute Gasteiger partial charge is 0.378 e. The summed E-state index contributed by atoms with van der Waals surface area (Å²) in [6.45, 7) is 5.56. The van der Waals surface area contributed by atoms with E-state index in [2.05, 4.69) is 55.8 Å². The van der Waals surface area contributed by atoms with Crippen LogP contribution in [0.3, 0.4) is 0 Å². The number of halogens is 1. The van der Waals surface area contributed by atoms with Crippen molar-refractivity contribution in [2.45, 2.75) is 38.5 Å². The van der Waals surface area contributed by atoms with Crippen molar-refractivity contribution in [1.29, 1.82) is 0 Å². The average molecular weight is 523 g/mol. The molecule has 1 aromatic carbocycles. The lowest BCUT2D eigenvalue weighted by atomic mass is 10.1. The van der Waals surface area contributed by atoms with Crippen molar-refractivity contribution in [3.8, 4) is 0 Å². The van der Waals surface area contributed by atoms with Crippen molar-refractivity contribution in [3.05, 3.63) is 66.0 Å². The van der Waals surface area contributed by atoms with Gasteiger partial charge in [-0.05, 0) is 37.0 Å². The van der Waals surface area contributed by atoms with Crippen LogP contribution in [0.25, 0.3) is 0 Å². The van der Waals surface area contributed by atoms with Crippen molar-refractivity contribution >= 4 is 29.9 Å². The summed E-state index contributed by atoms with van der Waals surface area (Å²) in [6.07, 6.45) is 5.40. The molecule has 0 atom stereocenters. The second kappa shape index (κ2) is 14.3. The van der Waals surface area contributed by atoms with Crippen molar-refractivity contribution < 1.29 is 4.74 Å². The van der Waals surface area contributed by atoms with Gasteiger partial charge in [-0.1, -0.05) is 36.4 Å². The van der Waals surface area contributed by atoms with Crippen LogP contribution in [0.15, 0.2) is 59.7 Å². The van der Waals surface area contributed by atoms with Gasteiger partial charge in [0.2, 0.25) is 0 Å². The van der Waals surface area contributed by atoms with Crippen LogP contribution in [0.1, 0.15) is 30.5 Å². The van der Waals surface area contributed by atoms with E-state index in [1.54, 1.807) is 13.2 Å². The third-order valence-electron chi connectivity index (χ3n) is 5.14. The van der Waals surface area contributed by atoms with Gasteiger partial charge in [-0.15, -0.1) is 24.0 Å². The molecule has 0 aliphatic carbocycles. The van der Waals surface area contributed by atoms with E-state index in [4.69, 9.17) is 4.74 Å². The molecule has 164 valence electrons. The summed E-state index contributed by atoms with van der Waals surface area (Å²) in [6, 6.07) is 16.6. The minimum absolute atomic E-state index is 0. The van der Waals surface area contributed by atoms with Crippen LogP contribution in [0.2, 0.25) is 0 Å². The Hall–Kier alpha value is -1.71. The molecule has 30 heavy (non-hydrogen) atoms. The molecule has 1 aliphatic heterocycles. The Bertz CT molecular complexity index is 721. The fraction of sp³-hybridized carbons (Fsp3) is 0.478. The first-order chi connectivity index (χ1) is 14.3. The first kappa shape index (κ1) is 24.6. The molecule has 1 aromatic heterocycles. The highest BCUT2D eigenvalue weighted by Crippen LogP contribution is 2.16. The Balaban J connectivity index is 0.00000320. The minimum atomic E-state index is 0. The van der Waals surface area contributed by atoms with Gasteiger partial charge in [-0.3, -0.25) is 14.9 Å². The van der Waals surface area contributed by atoms with Gasteiger partial charge in [0.15, 0.2) is 5.96 Å². The molecular weight excluding hydrogens is 489 g/mol. The van der Waals surface area contributed by atoms with Gasteiger partial charge in [-0.2, -0.15) is 0 Å². The predicted molar refractivity (Wildman–Crippen MR) is 133 cm³/mol. The Kier molecular flexibility index (Phi) is 11.7. The van der Waals surface area contributed by atoms with E-state index in [0.29, 0.717) is 12.6 Å².